The standard InChI is InChI=1S/C24H32BrF3N6OSi/c1-16-11-18-12-17(23(32-29)33-31-15-35-9-10-36(2,3)4)5-7-20(18)22(34(16)14-24(26,27)28)21-8-6-19(25)13-30-21/h5-8,12-13,16,22,29,31H,9-11,14-15H2,1-4H3/b32-29?,33-23-/t16-,22+/m1/s1. The van der Waals surface area contributed by atoms with Crippen LogP contribution in [0.2, 0.25) is 25.7 Å². The lowest BCUT2D eigenvalue weighted by molar-refractivity contribution is -0.155. The largest absolute Gasteiger partial charge is 0.401 e. The van der Waals surface area contributed by atoms with Crippen LogP contribution < -0.4 is 5.43 Å². The number of hydrogen-bond acceptors (Lipinski definition) is 6. The molecule has 1 aromatic carbocycles. The molecule has 0 aliphatic carbocycles. The molecule has 1 aromatic heterocycles. The predicted octanol–water partition coefficient (Wildman–Crippen LogP) is 6.34. The third-order valence-corrected chi connectivity index (χ3v) is 8.13. The molecular weight excluding hydrogens is 553 g/mol. The summed E-state index contributed by atoms with van der Waals surface area (Å²) in [5.74, 6) is 0.176. The second-order valence-corrected chi connectivity index (χ2v) is 16.7. The highest BCUT2D eigenvalue weighted by atomic mass is 79.9. The Morgan fingerprint density at radius 1 is 1.28 bits per heavy atom. The van der Waals surface area contributed by atoms with Crippen LogP contribution in [0.15, 0.2) is 51.2 Å². The van der Waals surface area contributed by atoms with Crippen LogP contribution >= 0.6 is 15.9 Å². The van der Waals surface area contributed by atoms with Crippen LogP contribution in [0, 0.1) is 5.53 Å². The van der Waals surface area contributed by atoms with Crippen molar-refractivity contribution in [3.05, 3.63) is 63.4 Å². The van der Waals surface area contributed by atoms with E-state index in [1.807, 2.05) is 6.07 Å². The van der Waals surface area contributed by atoms with Crippen molar-refractivity contribution >= 4 is 29.8 Å². The van der Waals surface area contributed by atoms with Crippen molar-refractivity contribution in [2.75, 3.05) is 19.9 Å². The van der Waals surface area contributed by atoms with E-state index in [2.05, 4.69) is 56.2 Å². The molecule has 0 amide bonds. The van der Waals surface area contributed by atoms with Crippen molar-refractivity contribution in [3.63, 3.8) is 0 Å². The number of fused-ring (bicyclic) bond motifs is 1. The first kappa shape index (κ1) is 28.4. The van der Waals surface area contributed by atoms with Gasteiger partial charge < -0.3 is 4.74 Å². The summed E-state index contributed by atoms with van der Waals surface area (Å²) in [5, 5.41) is 7.73. The fourth-order valence-corrected chi connectivity index (χ4v) is 5.14. The molecule has 2 heterocycles. The van der Waals surface area contributed by atoms with Gasteiger partial charge in [-0.05, 0) is 64.6 Å². The van der Waals surface area contributed by atoms with E-state index < -0.39 is 26.8 Å². The van der Waals surface area contributed by atoms with Gasteiger partial charge in [-0.15, -0.1) is 5.11 Å². The number of alkyl halides is 3. The lowest BCUT2D eigenvalue weighted by atomic mass is 9.85. The summed E-state index contributed by atoms with van der Waals surface area (Å²) >= 11 is 3.34. The van der Waals surface area contributed by atoms with Gasteiger partial charge in [-0.1, -0.05) is 31.8 Å². The van der Waals surface area contributed by atoms with E-state index in [0.717, 1.165) is 21.6 Å². The minimum absolute atomic E-state index is 0.176. The van der Waals surface area contributed by atoms with E-state index in [9.17, 15) is 13.2 Å². The van der Waals surface area contributed by atoms with Gasteiger partial charge in [0.05, 0.1) is 18.3 Å². The first-order chi connectivity index (χ1) is 16.9. The summed E-state index contributed by atoms with van der Waals surface area (Å²) in [4.78, 5) is 5.87. The second kappa shape index (κ2) is 11.9. The van der Waals surface area contributed by atoms with Crippen LogP contribution in [0.4, 0.5) is 13.2 Å². The normalized spacial score (nSPS) is 19.2. The number of nitrogens with one attached hydrogen (secondary N) is 2. The Kier molecular flexibility index (Phi) is 9.42. The minimum Gasteiger partial charge on any atom is -0.360 e. The van der Waals surface area contributed by atoms with Crippen molar-refractivity contribution in [1.82, 2.24) is 15.3 Å². The van der Waals surface area contributed by atoms with Crippen molar-refractivity contribution in [1.29, 1.82) is 5.53 Å². The number of ether oxygens (including phenoxy) is 1. The van der Waals surface area contributed by atoms with Crippen LogP contribution in [0.5, 0.6) is 0 Å². The van der Waals surface area contributed by atoms with Crippen molar-refractivity contribution in [2.24, 2.45) is 10.2 Å². The number of nitrogens with zero attached hydrogens (tertiary/aromatic N) is 4. The molecule has 1 aliphatic heterocycles. The Morgan fingerprint density at radius 2 is 2.03 bits per heavy atom. The number of hydrogen-bond donors (Lipinski definition) is 2. The van der Waals surface area contributed by atoms with E-state index in [1.165, 1.54) is 4.90 Å². The number of pyridine rings is 1. The number of halogens is 4. The Balaban J connectivity index is 1.85. The molecular formula is C24H32BrF3N6OSi. The topological polar surface area (TPSA) is 86.0 Å². The van der Waals surface area contributed by atoms with Gasteiger partial charge in [0.1, 0.15) is 6.73 Å². The molecule has 0 saturated carbocycles. The van der Waals surface area contributed by atoms with Gasteiger partial charge in [0, 0.05) is 37.0 Å². The summed E-state index contributed by atoms with van der Waals surface area (Å²) in [5.41, 5.74) is 13.2. The van der Waals surface area contributed by atoms with E-state index in [0.29, 0.717) is 24.3 Å². The Bertz CT molecular complexity index is 1080. The number of rotatable bonds is 9. The lowest BCUT2D eigenvalue weighted by Crippen LogP contribution is -2.47. The molecule has 36 heavy (non-hydrogen) atoms. The fraction of sp³-hybridized carbons (Fsp3) is 0.500. The molecule has 2 N–H and O–H groups in total. The number of aromatic nitrogens is 1. The molecule has 7 nitrogen and oxygen atoms in total. The Morgan fingerprint density at radius 3 is 2.64 bits per heavy atom. The zero-order chi connectivity index (χ0) is 26.5. The van der Waals surface area contributed by atoms with Crippen LogP contribution in [0.1, 0.15) is 35.3 Å². The van der Waals surface area contributed by atoms with Crippen molar-refractivity contribution < 1.29 is 17.9 Å². The molecule has 0 fully saturated rings. The molecule has 0 unspecified atom stereocenters. The zero-order valence-corrected chi connectivity index (χ0v) is 23.4. The van der Waals surface area contributed by atoms with Gasteiger partial charge in [-0.3, -0.25) is 15.3 Å². The second-order valence-electron chi connectivity index (χ2n) is 10.1. The molecule has 0 bridgehead atoms. The summed E-state index contributed by atoms with van der Waals surface area (Å²) in [7, 11) is -1.18. The third-order valence-electron chi connectivity index (χ3n) is 5.96. The van der Waals surface area contributed by atoms with E-state index in [-0.39, 0.29) is 18.6 Å². The average molecular weight is 586 g/mol. The smallest absolute Gasteiger partial charge is 0.360 e. The minimum atomic E-state index is -4.34. The highest BCUT2D eigenvalue weighted by Crippen LogP contribution is 2.39. The molecule has 1 aliphatic rings. The number of benzene rings is 1. The Labute approximate surface area is 219 Å². The SMILES string of the molecule is C[C@@H]1Cc2cc(/C(N=N)=N/NCOCC[Si](C)(C)C)ccc2[C@@H](c2ccc(Br)cn2)N1CC(F)(F)F. The van der Waals surface area contributed by atoms with Crippen LogP contribution in [0.3, 0.4) is 0 Å². The summed E-state index contributed by atoms with van der Waals surface area (Å²) in [6, 6.07) is 8.91. The highest BCUT2D eigenvalue weighted by Gasteiger charge is 2.41. The van der Waals surface area contributed by atoms with Gasteiger partial charge in [-0.25, -0.2) is 5.53 Å². The van der Waals surface area contributed by atoms with Gasteiger partial charge in [0.15, 0.2) is 5.84 Å². The van der Waals surface area contributed by atoms with E-state index in [1.54, 1.807) is 37.4 Å². The van der Waals surface area contributed by atoms with Crippen molar-refractivity contribution in [3.8, 4) is 0 Å². The summed E-state index contributed by atoms with van der Waals surface area (Å²) in [6.07, 6.45) is -2.33. The molecule has 3 rings (SSSR count). The number of hydrazone groups is 1. The first-order valence-corrected chi connectivity index (χ1v) is 16.2. The van der Waals surface area contributed by atoms with E-state index >= 15 is 0 Å². The molecule has 0 spiro atoms. The van der Waals surface area contributed by atoms with Crippen molar-refractivity contribution in [2.45, 2.75) is 57.3 Å². The molecule has 196 valence electrons. The molecule has 0 saturated heterocycles. The van der Waals surface area contributed by atoms with Gasteiger partial charge in [0.2, 0.25) is 0 Å². The van der Waals surface area contributed by atoms with Gasteiger partial charge in [-0.2, -0.15) is 18.3 Å². The lowest BCUT2D eigenvalue weighted by Gasteiger charge is -2.42. The Hall–Kier alpha value is -2.15. The molecule has 2 atom stereocenters. The molecule has 12 heteroatoms. The average Bonchev–Trinajstić information content (AvgIpc) is 2.78. The number of amidine groups is 1. The predicted molar refractivity (Wildman–Crippen MR) is 140 cm³/mol. The summed E-state index contributed by atoms with van der Waals surface area (Å²) in [6.45, 7) is 8.42. The molecule has 0 radical (unpaired) electrons. The fourth-order valence-electron chi connectivity index (χ4n) is 4.15. The maximum atomic E-state index is 13.5. The quantitative estimate of drug-likeness (QED) is 0.0685. The van der Waals surface area contributed by atoms with Crippen LogP contribution in [0.25, 0.3) is 0 Å². The third kappa shape index (κ3) is 7.92. The van der Waals surface area contributed by atoms with Gasteiger partial charge >= 0.3 is 6.18 Å². The monoisotopic (exact) mass is 584 g/mol. The zero-order valence-electron chi connectivity index (χ0n) is 20.9. The summed E-state index contributed by atoms with van der Waals surface area (Å²) < 4.78 is 46.8. The molecule has 2 aromatic rings. The van der Waals surface area contributed by atoms with E-state index in [4.69, 9.17) is 10.3 Å². The van der Waals surface area contributed by atoms with Crippen LogP contribution in [-0.2, 0) is 11.2 Å². The maximum absolute atomic E-state index is 13.5. The van der Waals surface area contributed by atoms with Gasteiger partial charge in [0.25, 0.3) is 0 Å². The van der Waals surface area contributed by atoms with Crippen LogP contribution in [-0.4, -0.2) is 55.9 Å². The first-order valence-electron chi connectivity index (χ1n) is 11.7. The highest BCUT2D eigenvalue weighted by molar-refractivity contribution is 9.10. The maximum Gasteiger partial charge on any atom is 0.401 e.